The molecule has 0 spiro atoms. The molecule has 0 aromatic carbocycles. The van der Waals surface area contributed by atoms with Crippen LogP contribution in [-0.4, -0.2) is 10.6 Å². The van der Waals surface area contributed by atoms with Crippen molar-refractivity contribution < 1.29 is 4.74 Å². The van der Waals surface area contributed by atoms with Crippen LogP contribution in [0.15, 0.2) is 18.3 Å². The third-order valence-electron chi connectivity index (χ3n) is 2.45. The maximum Gasteiger partial charge on any atom is 0.139 e. The van der Waals surface area contributed by atoms with Crippen molar-refractivity contribution in [1.29, 1.82) is 0 Å². The first-order chi connectivity index (χ1) is 7.07. The van der Waals surface area contributed by atoms with Crippen molar-refractivity contribution in [2.24, 2.45) is 5.84 Å². The van der Waals surface area contributed by atoms with Crippen molar-refractivity contribution in [3.63, 3.8) is 0 Å². The summed E-state index contributed by atoms with van der Waals surface area (Å²) in [5.41, 5.74) is 3.46. The van der Waals surface area contributed by atoms with Gasteiger partial charge in [0, 0.05) is 6.20 Å². The van der Waals surface area contributed by atoms with Crippen molar-refractivity contribution in [3.05, 3.63) is 23.9 Å². The molecule has 4 nitrogen and oxygen atoms in total. The molecule has 1 aromatic heterocycles. The van der Waals surface area contributed by atoms with Crippen LogP contribution in [0.1, 0.15) is 32.8 Å². The third-order valence-corrected chi connectivity index (χ3v) is 2.45. The van der Waals surface area contributed by atoms with Crippen LogP contribution >= 0.6 is 0 Å². The van der Waals surface area contributed by atoms with E-state index in [2.05, 4.69) is 31.2 Å². The first-order valence-corrected chi connectivity index (χ1v) is 5.13. The number of hydrogen-bond acceptors (Lipinski definition) is 4. The lowest BCUT2D eigenvalue weighted by Gasteiger charge is -2.23. The van der Waals surface area contributed by atoms with Crippen molar-refractivity contribution in [2.75, 3.05) is 5.43 Å². The second-order valence-corrected chi connectivity index (χ2v) is 4.10. The summed E-state index contributed by atoms with van der Waals surface area (Å²) in [6, 6.07) is 3.78. The van der Waals surface area contributed by atoms with Gasteiger partial charge in [-0.1, -0.05) is 13.0 Å². The van der Waals surface area contributed by atoms with Crippen molar-refractivity contribution in [1.82, 2.24) is 4.98 Å². The molecule has 0 saturated heterocycles. The van der Waals surface area contributed by atoms with Gasteiger partial charge in [-0.15, -0.1) is 0 Å². The number of anilines is 1. The number of hydrazine groups is 1. The van der Waals surface area contributed by atoms with Gasteiger partial charge in [0.1, 0.15) is 5.82 Å². The predicted octanol–water partition coefficient (Wildman–Crippen LogP) is 2.07. The average Bonchev–Trinajstić information content (AvgIpc) is 2.27. The number of rotatable bonds is 5. The molecule has 84 valence electrons. The van der Waals surface area contributed by atoms with Crippen LogP contribution < -0.4 is 11.3 Å². The van der Waals surface area contributed by atoms with Crippen molar-refractivity contribution >= 4 is 5.82 Å². The molecule has 0 bridgehead atoms. The molecule has 4 heteroatoms. The Kier molecular flexibility index (Phi) is 4.05. The Morgan fingerprint density at radius 3 is 2.67 bits per heavy atom. The third kappa shape index (κ3) is 3.85. The van der Waals surface area contributed by atoms with Crippen LogP contribution in [0.5, 0.6) is 0 Å². The Labute approximate surface area is 90.8 Å². The second-order valence-electron chi connectivity index (χ2n) is 4.10. The Morgan fingerprint density at radius 2 is 2.20 bits per heavy atom. The van der Waals surface area contributed by atoms with Crippen LogP contribution in [0, 0.1) is 0 Å². The second kappa shape index (κ2) is 5.09. The molecule has 0 fully saturated rings. The van der Waals surface area contributed by atoms with E-state index in [9.17, 15) is 0 Å². The van der Waals surface area contributed by atoms with Gasteiger partial charge in [0.15, 0.2) is 0 Å². The smallest absolute Gasteiger partial charge is 0.139 e. The number of ether oxygens (including phenoxy) is 1. The summed E-state index contributed by atoms with van der Waals surface area (Å²) in [6.45, 7) is 6.85. The summed E-state index contributed by atoms with van der Waals surface area (Å²) in [7, 11) is 0. The summed E-state index contributed by atoms with van der Waals surface area (Å²) in [5, 5.41) is 0. The van der Waals surface area contributed by atoms with Crippen LogP contribution in [0.3, 0.4) is 0 Å². The fourth-order valence-electron chi connectivity index (χ4n) is 0.976. The minimum absolute atomic E-state index is 0.0786. The highest BCUT2D eigenvalue weighted by Gasteiger charge is 2.14. The Bertz CT molecular complexity index is 295. The monoisotopic (exact) mass is 209 g/mol. The number of aromatic nitrogens is 1. The zero-order valence-electron chi connectivity index (χ0n) is 9.58. The van der Waals surface area contributed by atoms with E-state index in [1.54, 1.807) is 6.20 Å². The fourth-order valence-corrected chi connectivity index (χ4v) is 0.976. The maximum absolute atomic E-state index is 5.75. The van der Waals surface area contributed by atoms with Crippen LogP contribution in [0.25, 0.3) is 0 Å². The minimum Gasteiger partial charge on any atom is -0.371 e. The van der Waals surface area contributed by atoms with E-state index in [4.69, 9.17) is 10.6 Å². The molecule has 0 aliphatic rings. The van der Waals surface area contributed by atoms with Gasteiger partial charge in [-0.3, -0.25) is 0 Å². The van der Waals surface area contributed by atoms with Crippen molar-refractivity contribution in [3.8, 4) is 0 Å². The van der Waals surface area contributed by atoms with Crippen LogP contribution in [0.4, 0.5) is 5.82 Å². The molecule has 1 rings (SSSR count). The van der Waals surface area contributed by atoms with Gasteiger partial charge < -0.3 is 10.2 Å². The maximum atomic E-state index is 5.75. The van der Waals surface area contributed by atoms with Gasteiger partial charge >= 0.3 is 0 Å². The van der Waals surface area contributed by atoms with Gasteiger partial charge in [0.2, 0.25) is 0 Å². The zero-order chi connectivity index (χ0) is 11.3. The quantitative estimate of drug-likeness (QED) is 0.575. The molecular formula is C11H19N3O. The average molecular weight is 209 g/mol. The highest BCUT2D eigenvalue weighted by Crippen LogP contribution is 2.16. The van der Waals surface area contributed by atoms with Gasteiger partial charge in [0.05, 0.1) is 12.2 Å². The highest BCUT2D eigenvalue weighted by molar-refractivity contribution is 5.33. The van der Waals surface area contributed by atoms with Gasteiger partial charge in [-0.05, 0) is 31.9 Å². The van der Waals surface area contributed by atoms with Gasteiger partial charge in [-0.2, -0.15) is 0 Å². The van der Waals surface area contributed by atoms with E-state index in [0.717, 1.165) is 12.0 Å². The van der Waals surface area contributed by atoms with E-state index in [-0.39, 0.29) is 5.60 Å². The largest absolute Gasteiger partial charge is 0.371 e. The first kappa shape index (κ1) is 11.9. The molecule has 0 aliphatic carbocycles. The lowest BCUT2D eigenvalue weighted by molar-refractivity contribution is -0.0317. The SMILES string of the molecule is CCC(C)(C)OCc1ccc(NN)nc1. The predicted molar refractivity (Wildman–Crippen MR) is 61.2 cm³/mol. The Balaban J connectivity index is 2.51. The van der Waals surface area contributed by atoms with E-state index in [1.807, 2.05) is 12.1 Å². The molecule has 0 radical (unpaired) electrons. The Hall–Kier alpha value is -1.13. The van der Waals surface area contributed by atoms with E-state index in [0.29, 0.717) is 12.4 Å². The molecule has 3 N–H and O–H groups in total. The van der Waals surface area contributed by atoms with Gasteiger partial charge in [-0.25, -0.2) is 10.8 Å². The molecule has 15 heavy (non-hydrogen) atoms. The molecule has 1 aromatic rings. The normalized spacial score (nSPS) is 11.5. The summed E-state index contributed by atoms with van der Waals surface area (Å²) in [5.74, 6) is 5.88. The van der Waals surface area contributed by atoms with E-state index >= 15 is 0 Å². The summed E-state index contributed by atoms with van der Waals surface area (Å²) < 4.78 is 5.75. The molecule has 0 atom stereocenters. The highest BCUT2D eigenvalue weighted by atomic mass is 16.5. The number of nitrogens with one attached hydrogen (secondary N) is 1. The first-order valence-electron chi connectivity index (χ1n) is 5.13. The number of hydrogen-bond donors (Lipinski definition) is 2. The molecule has 0 saturated carbocycles. The number of nitrogens with zero attached hydrogens (tertiary/aromatic N) is 1. The fraction of sp³-hybridized carbons (Fsp3) is 0.545. The van der Waals surface area contributed by atoms with E-state index < -0.39 is 0 Å². The molecule has 0 aliphatic heterocycles. The van der Waals surface area contributed by atoms with Crippen LogP contribution in [0.2, 0.25) is 0 Å². The summed E-state index contributed by atoms with van der Waals surface area (Å²) >= 11 is 0. The topological polar surface area (TPSA) is 60.2 Å². The van der Waals surface area contributed by atoms with Gasteiger partial charge in [0.25, 0.3) is 0 Å². The number of pyridine rings is 1. The zero-order valence-corrected chi connectivity index (χ0v) is 9.58. The van der Waals surface area contributed by atoms with E-state index in [1.165, 1.54) is 0 Å². The number of nitrogens with two attached hydrogens (primary N) is 1. The summed E-state index contributed by atoms with van der Waals surface area (Å²) in [4.78, 5) is 4.11. The lowest BCUT2D eigenvalue weighted by Crippen LogP contribution is -2.22. The molecule has 1 heterocycles. The number of nitrogen functional groups attached to an aromatic ring is 1. The lowest BCUT2D eigenvalue weighted by atomic mass is 10.1. The molecule has 0 amide bonds. The minimum atomic E-state index is -0.0786. The summed E-state index contributed by atoms with van der Waals surface area (Å²) in [6.07, 6.45) is 2.75. The Morgan fingerprint density at radius 1 is 1.47 bits per heavy atom. The standard InChI is InChI=1S/C11H19N3O/c1-4-11(2,3)15-8-9-5-6-10(14-12)13-7-9/h5-7H,4,8,12H2,1-3H3,(H,13,14). The molecular weight excluding hydrogens is 190 g/mol. The van der Waals surface area contributed by atoms with Crippen LogP contribution in [-0.2, 0) is 11.3 Å². The molecule has 0 unspecified atom stereocenters. The van der Waals surface area contributed by atoms with Crippen molar-refractivity contribution in [2.45, 2.75) is 39.4 Å².